The van der Waals surface area contributed by atoms with Gasteiger partial charge in [-0.3, -0.25) is 0 Å². The summed E-state index contributed by atoms with van der Waals surface area (Å²) in [6.07, 6.45) is 1.03. The van der Waals surface area contributed by atoms with Gasteiger partial charge in [-0.1, -0.05) is 28.1 Å². The summed E-state index contributed by atoms with van der Waals surface area (Å²) < 4.78 is 6.32. The Labute approximate surface area is 134 Å². The Morgan fingerprint density at radius 1 is 1.43 bits per heavy atom. The Kier molecular flexibility index (Phi) is 4.63. The van der Waals surface area contributed by atoms with Gasteiger partial charge in [-0.05, 0) is 51.3 Å². The van der Waals surface area contributed by atoms with Gasteiger partial charge in [0.05, 0.1) is 6.54 Å². The summed E-state index contributed by atoms with van der Waals surface area (Å²) in [7, 11) is 0. The van der Waals surface area contributed by atoms with E-state index in [-0.39, 0.29) is 12.6 Å². The monoisotopic (exact) mass is 355 g/mol. The maximum absolute atomic E-state index is 12.2. The molecule has 1 fully saturated rings. The van der Waals surface area contributed by atoms with E-state index in [1.165, 1.54) is 0 Å². The topological polar surface area (TPSA) is 49.8 Å². The van der Waals surface area contributed by atoms with E-state index in [0.717, 1.165) is 16.5 Å². The minimum absolute atomic E-state index is 0.262. The van der Waals surface area contributed by atoms with Gasteiger partial charge in [0.15, 0.2) is 0 Å². The van der Waals surface area contributed by atoms with Crippen LogP contribution in [-0.2, 0) is 10.3 Å². The molecule has 116 valence electrons. The predicted octanol–water partition coefficient (Wildman–Crippen LogP) is 3.67. The predicted molar refractivity (Wildman–Crippen MR) is 85.1 cm³/mol. The Bertz CT molecular complexity index is 526. The highest BCUT2D eigenvalue weighted by molar-refractivity contribution is 9.10. The number of halogens is 1. The zero-order valence-corrected chi connectivity index (χ0v) is 14.3. The van der Waals surface area contributed by atoms with Gasteiger partial charge < -0.3 is 14.7 Å². The molecule has 1 amide bonds. The minimum Gasteiger partial charge on any atom is -0.444 e. The number of piperidine rings is 1. The van der Waals surface area contributed by atoms with Crippen molar-refractivity contribution in [2.75, 3.05) is 13.1 Å². The first-order valence-corrected chi connectivity index (χ1v) is 7.95. The molecular formula is C16H22BrNO3. The van der Waals surface area contributed by atoms with Crippen LogP contribution in [-0.4, -0.2) is 34.8 Å². The number of rotatable bonds is 1. The largest absolute Gasteiger partial charge is 0.444 e. The average Bonchev–Trinajstić information content (AvgIpc) is 2.37. The zero-order chi connectivity index (χ0) is 15.7. The molecule has 0 bridgehead atoms. The molecule has 0 aromatic heterocycles. The fourth-order valence-electron chi connectivity index (χ4n) is 2.53. The molecule has 1 saturated heterocycles. The standard InChI is InChI=1S/C16H22BrNO3/c1-15(2,3)21-14(19)18-9-5-8-16(20,11-18)12-6-4-7-13(17)10-12/h4,6-7,10,20H,5,8-9,11H2,1-3H3. The van der Waals surface area contributed by atoms with E-state index in [9.17, 15) is 9.90 Å². The molecule has 4 nitrogen and oxygen atoms in total. The molecule has 1 aromatic carbocycles. The third kappa shape index (κ3) is 4.20. The molecule has 1 unspecified atom stereocenters. The maximum Gasteiger partial charge on any atom is 0.410 e. The zero-order valence-electron chi connectivity index (χ0n) is 12.7. The third-order valence-corrected chi connectivity index (χ3v) is 3.98. The Hall–Kier alpha value is -1.07. The number of hydrogen-bond donors (Lipinski definition) is 1. The summed E-state index contributed by atoms with van der Waals surface area (Å²) in [6, 6.07) is 7.60. The van der Waals surface area contributed by atoms with Gasteiger partial charge in [-0.25, -0.2) is 4.79 Å². The highest BCUT2D eigenvalue weighted by Crippen LogP contribution is 2.33. The first kappa shape index (κ1) is 16.3. The fourth-order valence-corrected chi connectivity index (χ4v) is 2.93. The molecule has 1 aliphatic rings. The van der Waals surface area contributed by atoms with Gasteiger partial charge in [0.2, 0.25) is 0 Å². The van der Waals surface area contributed by atoms with E-state index < -0.39 is 11.2 Å². The molecule has 0 spiro atoms. The van der Waals surface area contributed by atoms with Crippen molar-refractivity contribution in [3.63, 3.8) is 0 Å². The first-order valence-electron chi connectivity index (χ1n) is 7.16. The number of β-amino-alcohol motifs (C(OH)–C–C–N with tert-alkyl or cyclic N) is 1. The van der Waals surface area contributed by atoms with Crippen LogP contribution < -0.4 is 0 Å². The highest BCUT2D eigenvalue weighted by Gasteiger charge is 2.38. The second-order valence-corrected chi connectivity index (χ2v) is 7.46. The first-order chi connectivity index (χ1) is 9.70. The third-order valence-electron chi connectivity index (χ3n) is 3.48. The number of hydrogen-bond acceptors (Lipinski definition) is 3. The molecule has 2 rings (SSSR count). The number of amides is 1. The smallest absolute Gasteiger partial charge is 0.410 e. The molecule has 0 saturated carbocycles. The highest BCUT2D eigenvalue weighted by atomic mass is 79.9. The summed E-state index contributed by atoms with van der Waals surface area (Å²) in [5.74, 6) is 0. The van der Waals surface area contributed by atoms with Crippen molar-refractivity contribution < 1.29 is 14.6 Å². The molecule has 1 aromatic rings. The van der Waals surface area contributed by atoms with Crippen LogP contribution in [0.3, 0.4) is 0 Å². The molecule has 1 atom stereocenters. The van der Waals surface area contributed by atoms with Crippen molar-refractivity contribution in [1.29, 1.82) is 0 Å². The second-order valence-electron chi connectivity index (χ2n) is 6.55. The van der Waals surface area contributed by atoms with Crippen molar-refractivity contribution in [3.8, 4) is 0 Å². The molecule has 0 radical (unpaired) electrons. The Morgan fingerprint density at radius 2 is 2.14 bits per heavy atom. The minimum atomic E-state index is -1.01. The van der Waals surface area contributed by atoms with E-state index in [0.29, 0.717) is 13.0 Å². The maximum atomic E-state index is 12.2. The lowest BCUT2D eigenvalue weighted by molar-refractivity contribution is -0.0465. The fraction of sp³-hybridized carbons (Fsp3) is 0.562. The summed E-state index contributed by atoms with van der Waals surface area (Å²) in [5, 5.41) is 10.9. The van der Waals surface area contributed by atoms with E-state index in [4.69, 9.17) is 4.74 Å². The van der Waals surface area contributed by atoms with Gasteiger partial charge in [-0.2, -0.15) is 0 Å². The number of benzene rings is 1. The van der Waals surface area contributed by atoms with Crippen LogP contribution in [0.15, 0.2) is 28.7 Å². The van der Waals surface area contributed by atoms with Crippen molar-refractivity contribution in [2.45, 2.75) is 44.8 Å². The number of aliphatic hydroxyl groups is 1. The molecule has 0 aliphatic carbocycles. The van der Waals surface area contributed by atoms with Crippen LogP contribution in [0.25, 0.3) is 0 Å². The summed E-state index contributed by atoms with van der Waals surface area (Å²) >= 11 is 3.42. The lowest BCUT2D eigenvalue weighted by Crippen LogP contribution is -2.49. The summed E-state index contributed by atoms with van der Waals surface area (Å²) in [6.45, 7) is 6.41. The van der Waals surface area contributed by atoms with Crippen LogP contribution >= 0.6 is 15.9 Å². The number of nitrogens with zero attached hydrogens (tertiary/aromatic N) is 1. The van der Waals surface area contributed by atoms with E-state index in [1.807, 2.05) is 45.0 Å². The van der Waals surface area contributed by atoms with Gasteiger partial charge in [0.1, 0.15) is 11.2 Å². The summed E-state index contributed by atoms with van der Waals surface area (Å²) in [5.41, 5.74) is -0.716. The van der Waals surface area contributed by atoms with Crippen molar-refractivity contribution in [2.24, 2.45) is 0 Å². The average molecular weight is 356 g/mol. The number of likely N-dealkylation sites (tertiary alicyclic amines) is 1. The van der Waals surface area contributed by atoms with Gasteiger partial charge >= 0.3 is 6.09 Å². The number of carbonyl (C=O) groups excluding carboxylic acids is 1. The SMILES string of the molecule is CC(C)(C)OC(=O)N1CCCC(O)(c2cccc(Br)c2)C1. The van der Waals surface area contributed by atoms with Gasteiger partial charge in [0, 0.05) is 11.0 Å². The van der Waals surface area contributed by atoms with E-state index in [2.05, 4.69) is 15.9 Å². The molecule has 5 heteroatoms. The van der Waals surface area contributed by atoms with Crippen LogP contribution in [0.5, 0.6) is 0 Å². The van der Waals surface area contributed by atoms with Crippen molar-refractivity contribution >= 4 is 22.0 Å². The Morgan fingerprint density at radius 3 is 2.76 bits per heavy atom. The normalized spacial score (nSPS) is 23.0. The lowest BCUT2D eigenvalue weighted by atomic mass is 9.86. The second kappa shape index (κ2) is 5.97. The van der Waals surface area contributed by atoms with Crippen LogP contribution in [0.1, 0.15) is 39.2 Å². The molecular weight excluding hydrogens is 334 g/mol. The summed E-state index contributed by atoms with van der Waals surface area (Å²) in [4.78, 5) is 13.8. The molecule has 1 heterocycles. The van der Waals surface area contributed by atoms with E-state index in [1.54, 1.807) is 4.90 Å². The number of carbonyl (C=O) groups is 1. The van der Waals surface area contributed by atoms with Gasteiger partial charge in [0.25, 0.3) is 0 Å². The molecule has 21 heavy (non-hydrogen) atoms. The Balaban J connectivity index is 2.15. The number of ether oxygens (including phenoxy) is 1. The van der Waals surface area contributed by atoms with Crippen molar-refractivity contribution in [1.82, 2.24) is 4.90 Å². The van der Waals surface area contributed by atoms with Crippen LogP contribution in [0, 0.1) is 0 Å². The lowest BCUT2D eigenvalue weighted by Gasteiger charge is -2.40. The van der Waals surface area contributed by atoms with Gasteiger partial charge in [-0.15, -0.1) is 0 Å². The molecule has 1 aliphatic heterocycles. The molecule has 1 N–H and O–H groups in total. The van der Waals surface area contributed by atoms with Crippen LogP contribution in [0.2, 0.25) is 0 Å². The van der Waals surface area contributed by atoms with E-state index >= 15 is 0 Å². The van der Waals surface area contributed by atoms with Crippen LogP contribution in [0.4, 0.5) is 4.79 Å². The quantitative estimate of drug-likeness (QED) is 0.835. The van der Waals surface area contributed by atoms with Crippen molar-refractivity contribution in [3.05, 3.63) is 34.3 Å².